The topological polar surface area (TPSA) is 55.3 Å². The first-order valence-electron chi connectivity index (χ1n) is 9.28. The zero-order valence-electron chi connectivity index (χ0n) is 16.5. The highest BCUT2D eigenvalue weighted by atomic mass is 32.1. The van der Waals surface area contributed by atoms with E-state index in [1.165, 1.54) is 22.5 Å². The van der Waals surface area contributed by atoms with Crippen LogP contribution >= 0.6 is 11.3 Å². The van der Waals surface area contributed by atoms with Gasteiger partial charge in [-0.25, -0.2) is 4.98 Å². The number of pyridine rings is 1. The molecule has 0 aliphatic heterocycles. The Hall–Kier alpha value is -3.25. The second-order valence-electron chi connectivity index (χ2n) is 6.88. The molecule has 4 rings (SSSR count). The lowest BCUT2D eigenvalue weighted by atomic mass is 10.1. The van der Waals surface area contributed by atoms with E-state index >= 15 is 0 Å². The number of carbonyl (C=O) groups is 1. The Morgan fingerprint density at radius 2 is 1.86 bits per heavy atom. The van der Waals surface area contributed by atoms with Crippen molar-refractivity contribution in [2.75, 3.05) is 12.0 Å². The van der Waals surface area contributed by atoms with E-state index in [-0.39, 0.29) is 5.91 Å². The molecule has 0 radical (unpaired) electrons. The first kappa shape index (κ1) is 19.1. The summed E-state index contributed by atoms with van der Waals surface area (Å²) in [4.78, 5) is 24.1. The van der Waals surface area contributed by atoms with Crippen molar-refractivity contribution >= 4 is 32.6 Å². The number of methoxy groups -OCH3 is 1. The number of rotatable bonds is 5. The lowest BCUT2D eigenvalue weighted by molar-refractivity contribution is 0.0985. The summed E-state index contributed by atoms with van der Waals surface area (Å²) in [6, 6.07) is 15.2. The van der Waals surface area contributed by atoms with Crippen molar-refractivity contribution in [3.05, 3.63) is 83.2 Å². The van der Waals surface area contributed by atoms with Crippen LogP contribution in [0.25, 0.3) is 10.2 Å². The summed E-state index contributed by atoms with van der Waals surface area (Å²) in [5, 5.41) is 0.676. The van der Waals surface area contributed by atoms with Crippen molar-refractivity contribution in [2.45, 2.75) is 20.4 Å². The third kappa shape index (κ3) is 3.98. The molecule has 0 saturated carbocycles. The van der Waals surface area contributed by atoms with Gasteiger partial charge in [-0.1, -0.05) is 17.4 Å². The molecule has 0 spiro atoms. The number of amides is 1. The van der Waals surface area contributed by atoms with Gasteiger partial charge in [0.05, 0.1) is 23.9 Å². The minimum atomic E-state index is -0.107. The monoisotopic (exact) mass is 403 g/mol. The van der Waals surface area contributed by atoms with Gasteiger partial charge in [0.25, 0.3) is 5.91 Å². The fraction of sp³-hybridized carbons (Fsp3) is 0.174. The number of carbonyl (C=O) groups excluding carboxylic acids is 1. The van der Waals surface area contributed by atoms with Crippen LogP contribution in [0.4, 0.5) is 5.13 Å². The van der Waals surface area contributed by atoms with E-state index < -0.39 is 0 Å². The highest BCUT2D eigenvalue weighted by molar-refractivity contribution is 7.22. The van der Waals surface area contributed by atoms with E-state index in [0.29, 0.717) is 23.0 Å². The van der Waals surface area contributed by atoms with Crippen LogP contribution in [-0.2, 0) is 6.54 Å². The van der Waals surface area contributed by atoms with Crippen LogP contribution in [0.2, 0.25) is 0 Å². The number of hydrogen-bond acceptors (Lipinski definition) is 5. The zero-order chi connectivity index (χ0) is 20.4. The Kier molecular flexibility index (Phi) is 5.27. The first-order valence-corrected chi connectivity index (χ1v) is 10.1. The largest absolute Gasteiger partial charge is 0.497 e. The highest BCUT2D eigenvalue weighted by Crippen LogP contribution is 2.32. The molecule has 0 fully saturated rings. The summed E-state index contributed by atoms with van der Waals surface area (Å²) in [6.07, 6.45) is 3.50. The van der Waals surface area contributed by atoms with Crippen LogP contribution < -0.4 is 9.64 Å². The van der Waals surface area contributed by atoms with Crippen molar-refractivity contribution in [3.8, 4) is 5.75 Å². The third-order valence-corrected chi connectivity index (χ3v) is 5.91. The number of fused-ring (bicyclic) bond motifs is 1. The van der Waals surface area contributed by atoms with Gasteiger partial charge >= 0.3 is 0 Å². The molecular weight excluding hydrogens is 382 g/mol. The molecule has 0 unspecified atom stereocenters. The molecule has 0 saturated heterocycles. The van der Waals surface area contributed by atoms with Gasteiger partial charge in [-0.2, -0.15) is 0 Å². The molecule has 4 aromatic rings. The molecule has 0 bridgehead atoms. The molecule has 0 N–H and O–H groups in total. The van der Waals surface area contributed by atoms with Gasteiger partial charge in [-0.05, 0) is 73.0 Å². The molecule has 6 heteroatoms. The van der Waals surface area contributed by atoms with Gasteiger partial charge in [0, 0.05) is 18.0 Å². The van der Waals surface area contributed by atoms with Crippen molar-refractivity contribution in [1.29, 1.82) is 0 Å². The summed E-state index contributed by atoms with van der Waals surface area (Å²) in [5.74, 6) is 0.607. The average molecular weight is 404 g/mol. The van der Waals surface area contributed by atoms with Gasteiger partial charge in [-0.15, -0.1) is 0 Å². The SMILES string of the molecule is COc1ccc(C(=O)N(Cc2cccnc2)c2nc3cc(C)c(C)cc3s2)cc1. The fourth-order valence-electron chi connectivity index (χ4n) is 3.07. The number of thiazole rings is 1. The summed E-state index contributed by atoms with van der Waals surface area (Å²) >= 11 is 1.53. The third-order valence-electron chi connectivity index (χ3n) is 4.87. The zero-order valence-corrected chi connectivity index (χ0v) is 17.4. The molecule has 146 valence electrons. The van der Waals surface area contributed by atoms with Crippen molar-refractivity contribution in [3.63, 3.8) is 0 Å². The van der Waals surface area contributed by atoms with E-state index in [0.717, 1.165) is 15.8 Å². The highest BCUT2D eigenvalue weighted by Gasteiger charge is 2.22. The van der Waals surface area contributed by atoms with E-state index in [1.807, 2.05) is 12.1 Å². The smallest absolute Gasteiger partial charge is 0.260 e. The summed E-state index contributed by atoms with van der Waals surface area (Å²) in [7, 11) is 1.61. The molecule has 0 aliphatic rings. The first-order chi connectivity index (χ1) is 14.0. The van der Waals surface area contributed by atoms with Gasteiger partial charge in [0.1, 0.15) is 5.75 Å². The van der Waals surface area contributed by atoms with Crippen LogP contribution in [-0.4, -0.2) is 23.0 Å². The fourth-order valence-corrected chi connectivity index (χ4v) is 4.12. The Morgan fingerprint density at radius 3 is 2.55 bits per heavy atom. The Balaban J connectivity index is 1.76. The molecule has 5 nitrogen and oxygen atoms in total. The molecule has 0 atom stereocenters. The molecular formula is C23H21N3O2S. The number of anilines is 1. The summed E-state index contributed by atoms with van der Waals surface area (Å²) < 4.78 is 6.28. The average Bonchev–Trinajstić information content (AvgIpc) is 3.15. The van der Waals surface area contributed by atoms with Gasteiger partial charge in [-0.3, -0.25) is 14.7 Å². The van der Waals surface area contributed by atoms with Crippen LogP contribution in [0.15, 0.2) is 60.9 Å². The minimum Gasteiger partial charge on any atom is -0.497 e. The molecule has 2 aromatic carbocycles. The number of aromatic nitrogens is 2. The van der Waals surface area contributed by atoms with Crippen LogP contribution in [0.3, 0.4) is 0 Å². The Morgan fingerprint density at radius 1 is 1.10 bits per heavy atom. The van der Waals surface area contributed by atoms with E-state index in [1.54, 1.807) is 48.7 Å². The van der Waals surface area contributed by atoms with Crippen LogP contribution in [0, 0.1) is 13.8 Å². The van der Waals surface area contributed by atoms with Gasteiger partial charge < -0.3 is 4.74 Å². The number of aryl methyl sites for hydroxylation is 2. The van der Waals surface area contributed by atoms with Crippen LogP contribution in [0.1, 0.15) is 27.0 Å². The second-order valence-corrected chi connectivity index (χ2v) is 7.89. The standard InChI is InChI=1S/C23H21N3O2S/c1-15-11-20-21(12-16(15)2)29-23(25-20)26(14-17-5-4-10-24-13-17)22(27)18-6-8-19(28-3)9-7-18/h4-13H,14H2,1-3H3. The van der Waals surface area contributed by atoms with E-state index in [4.69, 9.17) is 9.72 Å². The minimum absolute atomic E-state index is 0.107. The van der Waals surface area contributed by atoms with Crippen molar-refractivity contribution < 1.29 is 9.53 Å². The quantitative estimate of drug-likeness (QED) is 0.462. The predicted octanol–water partition coefficient (Wildman–Crippen LogP) is 5.16. The number of nitrogens with zero attached hydrogens (tertiary/aromatic N) is 3. The van der Waals surface area contributed by atoms with E-state index in [9.17, 15) is 4.79 Å². The van der Waals surface area contributed by atoms with Crippen molar-refractivity contribution in [2.24, 2.45) is 0 Å². The van der Waals surface area contributed by atoms with Gasteiger partial charge in [0.15, 0.2) is 5.13 Å². The second kappa shape index (κ2) is 8.01. The Bertz CT molecular complexity index is 1120. The normalized spacial score (nSPS) is 10.9. The number of hydrogen-bond donors (Lipinski definition) is 0. The summed E-state index contributed by atoms with van der Waals surface area (Å²) in [6.45, 7) is 4.56. The lowest BCUT2D eigenvalue weighted by Crippen LogP contribution is -2.30. The predicted molar refractivity (Wildman–Crippen MR) is 117 cm³/mol. The summed E-state index contributed by atoms with van der Waals surface area (Å²) in [5.41, 5.74) is 4.84. The maximum Gasteiger partial charge on any atom is 0.260 e. The van der Waals surface area contributed by atoms with Crippen molar-refractivity contribution in [1.82, 2.24) is 9.97 Å². The molecule has 2 aromatic heterocycles. The number of ether oxygens (including phenoxy) is 1. The van der Waals surface area contributed by atoms with Crippen LogP contribution in [0.5, 0.6) is 5.75 Å². The van der Waals surface area contributed by atoms with Gasteiger partial charge in [0.2, 0.25) is 0 Å². The van der Waals surface area contributed by atoms with E-state index in [2.05, 4.69) is 31.0 Å². The maximum absolute atomic E-state index is 13.4. The molecule has 0 aliphatic carbocycles. The number of benzene rings is 2. The Labute approximate surface area is 173 Å². The maximum atomic E-state index is 13.4. The lowest BCUT2D eigenvalue weighted by Gasteiger charge is -2.20. The molecule has 1 amide bonds. The molecule has 29 heavy (non-hydrogen) atoms. The molecule has 2 heterocycles.